The molecule has 1 amide bonds. The quantitative estimate of drug-likeness (QED) is 0.697. The SMILES string of the molecule is O=C(Cn1nc(C(F)F)cc1C(F)F)N1CCN(Cc2cccc(F)c2)CC1. The van der Waals surface area contributed by atoms with Crippen molar-refractivity contribution in [3.05, 3.63) is 53.1 Å². The van der Waals surface area contributed by atoms with Crippen molar-refractivity contribution in [2.24, 2.45) is 0 Å². The zero-order chi connectivity index (χ0) is 20.3. The highest BCUT2D eigenvalue weighted by molar-refractivity contribution is 5.76. The number of nitrogens with zero attached hydrogens (tertiary/aromatic N) is 4. The summed E-state index contributed by atoms with van der Waals surface area (Å²) >= 11 is 0. The first kappa shape index (κ1) is 20.2. The Labute approximate surface area is 158 Å². The van der Waals surface area contributed by atoms with Gasteiger partial charge in [-0.15, -0.1) is 0 Å². The highest BCUT2D eigenvalue weighted by Crippen LogP contribution is 2.25. The number of benzene rings is 1. The molecule has 152 valence electrons. The van der Waals surface area contributed by atoms with Crippen LogP contribution >= 0.6 is 0 Å². The molecule has 1 aliphatic heterocycles. The van der Waals surface area contributed by atoms with Crippen molar-refractivity contribution < 1.29 is 26.7 Å². The van der Waals surface area contributed by atoms with E-state index in [1.54, 1.807) is 6.07 Å². The van der Waals surface area contributed by atoms with Crippen LogP contribution in [0.4, 0.5) is 22.0 Å². The summed E-state index contributed by atoms with van der Waals surface area (Å²) in [6.07, 6.45) is -5.99. The molecule has 0 saturated carbocycles. The molecule has 5 nitrogen and oxygen atoms in total. The molecule has 1 saturated heterocycles. The molecule has 28 heavy (non-hydrogen) atoms. The Balaban J connectivity index is 1.57. The monoisotopic (exact) mass is 402 g/mol. The first-order chi connectivity index (χ1) is 13.3. The molecule has 2 heterocycles. The summed E-state index contributed by atoms with van der Waals surface area (Å²) in [5, 5.41) is 3.44. The molecule has 0 radical (unpaired) electrons. The van der Waals surface area contributed by atoms with Crippen LogP contribution in [0.15, 0.2) is 30.3 Å². The van der Waals surface area contributed by atoms with E-state index in [1.807, 2.05) is 11.0 Å². The fraction of sp³-hybridized carbons (Fsp3) is 0.444. The van der Waals surface area contributed by atoms with E-state index in [4.69, 9.17) is 0 Å². The van der Waals surface area contributed by atoms with Gasteiger partial charge in [-0.1, -0.05) is 12.1 Å². The van der Waals surface area contributed by atoms with Crippen molar-refractivity contribution >= 4 is 5.91 Å². The van der Waals surface area contributed by atoms with Crippen molar-refractivity contribution in [3.8, 4) is 0 Å². The predicted octanol–water partition coefficient (Wildman–Crippen LogP) is 3.24. The van der Waals surface area contributed by atoms with Crippen LogP contribution in [0.3, 0.4) is 0 Å². The van der Waals surface area contributed by atoms with E-state index in [1.165, 1.54) is 17.0 Å². The van der Waals surface area contributed by atoms with Gasteiger partial charge in [0.05, 0.1) is 0 Å². The van der Waals surface area contributed by atoms with Gasteiger partial charge >= 0.3 is 0 Å². The first-order valence-corrected chi connectivity index (χ1v) is 8.72. The minimum atomic E-state index is -3.00. The smallest absolute Gasteiger partial charge is 0.282 e. The maximum absolute atomic E-state index is 13.3. The average molecular weight is 402 g/mol. The van der Waals surface area contributed by atoms with Crippen molar-refractivity contribution in [1.29, 1.82) is 0 Å². The minimum absolute atomic E-state index is 0.316. The van der Waals surface area contributed by atoms with Crippen molar-refractivity contribution in [1.82, 2.24) is 19.6 Å². The van der Waals surface area contributed by atoms with Crippen LogP contribution in [0, 0.1) is 5.82 Å². The maximum atomic E-state index is 13.3. The van der Waals surface area contributed by atoms with Crippen LogP contribution in [0.1, 0.15) is 29.8 Å². The normalized spacial score (nSPS) is 15.6. The standard InChI is InChI=1S/C18H19F5N4O/c19-13-3-1-2-12(8-13)10-25-4-6-26(7-5-25)16(28)11-27-15(18(22)23)9-14(24-27)17(20)21/h1-3,8-9,17-18H,4-7,10-11H2. The molecule has 0 unspecified atom stereocenters. The summed E-state index contributed by atoms with van der Waals surface area (Å²) in [5.74, 6) is -0.778. The van der Waals surface area contributed by atoms with E-state index in [0.717, 1.165) is 5.56 Å². The Kier molecular flexibility index (Phi) is 6.28. The third kappa shape index (κ3) is 4.86. The number of aromatic nitrogens is 2. The lowest BCUT2D eigenvalue weighted by molar-refractivity contribution is -0.134. The van der Waals surface area contributed by atoms with Crippen LogP contribution in [-0.2, 0) is 17.9 Å². The number of halogens is 5. The molecule has 10 heteroatoms. The number of hydrogen-bond donors (Lipinski definition) is 0. The highest BCUT2D eigenvalue weighted by Gasteiger charge is 2.26. The largest absolute Gasteiger partial charge is 0.339 e. The molecule has 1 fully saturated rings. The van der Waals surface area contributed by atoms with Gasteiger partial charge in [0.15, 0.2) is 0 Å². The summed E-state index contributed by atoms with van der Waals surface area (Å²) in [5.41, 5.74) is -0.658. The Morgan fingerprint density at radius 1 is 1.04 bits per heavy atom. The van der Waals surface area contributed by atoms with Gasteiger partial charge in [0, 0.05) is 32.7 Å². The van der Waals surface area contributed by atoms with Crippen LogP contribution < -0.4 is 0 Å². The van der Waals surface area contributed by atoms with Gasteiger partial charge in [0.25, 0.3) is 12.9 Å². The minimum Gasteiger partial charge on any atom is -0.339 e. The number of carbonyl (C=O) groups is 1. The summed E-state index contributed by atoms with van der Waals surface area (Å²) in [6, 6.07) is 6.87. The zero-order valence-electron chi connectivity index (χ0n) is 14.9. The van der Waals surface area contributed by atoms with E-state index in [2.05, 4.69) is 5.10 Å². The molecule has 1 aromatic heterocycles. The van der Waals surface area contributed by atoms with Crippen LogP contribution in [0.25, 0.3) is 0 Å². The fourth-order valence-corrected chi connectivity index (χ4v) is 3.14. The van der Waals surface area contributed by atoms with Crippen molar-refractivity contribution in [3.63, 3.8) is 0 Å². The zero-order valence-corrected chi connectivity index (χ0v) is 14.9. The Hall–Kier alpha value is -2.49. The second-order valence-corrected chi connectivity index (χ2v) is 6.54. The van der Waals surface area contributed by atoms with Gasteiger partial charge in [0.2, 0.25) is 5.91 Å². The molecule has 0 atom stereocenters. The summed E-state index contributed by atoms with van der Waals surface area (Å²) in [4.78, 5) is 15.9. The first-order valence-electron chi connectivity index (χ1n) is 8.72. The van der Waals surface area contributed by atoms with Gasteiger partial charge in [-0.2, -0.15) is 5.10 Å². The average Bonchev–Trinajstić information content (AvgIpc) is 3.07. The van der Waals surface area contributed by atoms with Crippen LogP contribution in [-0.4, -0.2) is 51.7 Å². The van der Waals surface area contributed by atoms with E-state index in [9.17, 15) is 26.7 Å². The summed E-state index contributed by atoms with van der Waals surface area (Å²) in [6.45, 7) is 1.81. The number of amides is 1. The maximum Gasteiger partial charge on any atom is 0.282 e. The van der Waals surface area contributed by atoms with E-state index >= 15 is 0 Å². The van der Waals surface area contributed by atoms with Gasteiger partial charge in [-0.3, -0.25) is 14.4 Å². The molecular weight excluding hydrogens is 383 g/mol. The molecule has 0 N–H and O–H groups in total. The van der Waals surface area contributed by atoms with Crippen molar-refractivity contribution in [2.75, 3.05) is 26.2 Å². The number of carbonyl (C=O) groups excluding carboxylic acids is 1. The van der Waals surface area contributed by atoms with Gasteiger partial charge in [-0.05, 0) is 23.8 Å². The number of rotatable bonds is 6. The second-order valence-electron chi connectivity index (χ2n) is 6.54. The topological polar surface area (TPSA) is 41.4 Å². The molecule has 0 aliphatic carbocycles. The second kappa shape index (κ2) is 8.68. The third-order valence-corrected chi connectivity index (χ3v) is 4.58. The lowest BCUT2D eigenvalue weighted by atomic mass is 10.2. The van der Waals surface area contributed by atoms with Gasteiger partial charge in [-0.25, -0.2) is 22.0 Å². The van der Waals surface area contributed by atoms with E-state index in [-0.39, 0.29) is 5.82 Å². The number of piperazine rings is 1. The molecule has 2 aromatic rings. The lowest BCUT2D eigenvalue weighted by Gasteiger charge is -2.34. The fourth-order valence-electron chi connectivity index (χ4n) is 3.14. The third-order valence-electron chi connectivity index (χ3n) is 4.58. The Bertz CT molecular complexity index is 818. The van der Waals surface area contributed by atoms with E-state index in [0.29, 0.717) is 43.5 Å². The lowest BCUT2D eigenvalue weighted by Crippen LogP contribution is -2.49. The highest BCUT2D eigenvalue weighted by atomic mass is 19.3. The molecule has 3 rings (SSSR count). The number of hydrogen-bond acceptors (Lipinski definition) is 3. The molecule has 1 aliphatic rings. The summed E-state index contributed by atoms with van der Waals surface area (Å²) < 4.78 is 65.4. The summed E-state index contributed by atoms with van der Waals surface area (Å²) in [7, 11) is 0. The molecular formula is C18H19F5N4O. The molecule has 0 spiro atoms. The van der Waals surface area contributed by atoms with Gasteiger partial charge in [0.1, 0.15) is 23.7 Å². The van der Waals surface area contributed by atoms with Crippen LogP contribution in [0.2, 0.25) is 0 Å². The van der Waals surface area contributed by atoms with Crippen molar-refractivity contribution in [2.45, 2.75) is 25.9 Å². The van der Waals surface area contributed by atoms with E-state index < -0.39 is 36.7 Å². The molecule has 1 aromatic carbocycles. The Morgan fingerprint density at radius 2 is 1.75 bits per heavy atom. The number of alkyl halides is 4. The molecule has 0 bridgehead atoms. The Morgan fingerprint density at radius 3 is 2.36 bits per heavy atom. The van der Waals surface area contributed by atoms with Gasteiger partial charge < -0.3 is 4.90 Å². The predicted molar refractivity (Wildman–Crippen MR) is 90.4 cm³/mol. The van der Waals surface area contributed by atoms with Crippen LogP contribution in [0.5, 0.6) is 0 Å².